The molecule has 0 unspecified atom stereocenters. The van der Waals surface area contributed by atoms with Gasteiger partial charge in [0.2, 0.25) is 5.95 Å². The van der Waals surface area contributed by atoms with E-state index in [1.54, 1.807) is 11.6 Å². The molecule has 1 aliphatic heterocycles. The summed E-state index contributed by atoms with van der Waals surface area (Å²) in [6, 6.07) is 9.80. The molecule has 4 aromatic rings. The first kappa shape index (κ1) is 15.0. The number of nitrogens with zero attached hydrogens (tertiary/aromatic N) is 6. The van der Waals surface area contributed by atoms with E-state index in [1.165, 1.54) is 5.56 Å². The Kier molecular flexibility index (Phi) is 3.26. The van der Waals surface area contributed by atoms with Crippen LogP contribution in [0.1, 0.15) is 17.1 Å². The Bertz CT molecular complexity index is 1110. The molecular formula is C18H17N7O. The van der Waals surface area contributed by atoms with Gasteiger partial charge in [0.1, 0.15) is 11.3 Å². The van der Waals surface area contributed by atoms with Crippen LogP contribution in [-0.2, 0) is 19.6 Å². The first-order valence-electron chi connectivity index (χ1n) is 8.36. The van der Waals surface area contributed by atoms with Crippen molar-refractivity contribution in [3.63, 3.8) is 0 Å². The highest BCUT2D eigenvalue weighted by Gasteiger charge is 2.22. The molecule has 130 valence electrons. The molecule has 0 bridgehead atoms. The molecule has 5 rings (SSSR count). The van der Waals surface area contributed by atoms with Crippen LogP contribution in [-0.4, -0.2) is 36.6 Å². The fraction of sp³-hybridized carbons (Fsp3) is 0.222. The minimum atomic E-state index is 0.294. The number of rotatable bonds is 3. The number of methoxy groups -OCH3 is 1. The molecule has 1 aromatic carbocycles. The van der Waals surface area contributed by atoms with Crippen molar-refractivity contribution in [2.45, 2.75) is 19.6 Å². The van der Waals surface area contributed by atoms with Crippen LogP contribution in [0.4, 0.5) is 5.95 Å². The molecule has 0 amide bonds. The average molecular weight is 347 g/mol. The molecule has 8 heteroatoms. The topological polar surface area (TPSA) is 94.5 Å². The molecule has 0 aliphatic carbocycles. The maximum Gasteiger partial charge on any atom is 0.223 e. The van der Waals surface area contributed by atoms with Crippen molar-refractivity contribution in [2.24, 2.45) is 0 Å². The van der Waals surface area contributed by atoms with Crippen molar-refractivity contribution in [1.29, 1.82) is 0 Å². The van der Waals surface area contributed by atoms with Gasteiger partial charge in [0.05, 0.1) is 19.3 Å². The van der Waals surface area contributed by atoms with Gasteiger partial charge in [0, 0.05) is 24.7 Å². The molecule has 2 N–H and O–H groups in total. The van der Waals surface area contributed by atoms with Crippen molar-refractivity contribution in [3.05, 3.63) is 53.6 Å². The Morgan fingerprint density at radius 2 is 2.08 bits per heavy atom. The third-order valence-electron chi connectivity index (χ3n) is 4.67. The number of aromatic nitrogens is 5. The lowest BCUT2D eigenvalue weighted by molar-refractivity contribution is 0.267. The van der Waals surface area contributed by atoms with Gasteiger partial charge in [-0.2, -0.15) is 4.52 Å². The van der Waals surface area contributed by atoms with Crippen LogP contribution in [0.2, 0.25) is 0 Å². The highest BCUT2D eigenvalue weighted by atomic mass is 16.5. The summed E-state index contributed by atoms with van der Waals surface area (Å²) in [5.74, 6) is 1.67. The van der Waals surface area contributed by atoms with E-state index >= 15 is 0 Å². The molecule has 8 nitrogen and oxygen atoms in total. The minimum absolute atomic E-state index is 0.294. The Balaban J connectivity index is 1.54. The summed E-state index contributed by atoms with van der Waals surface area (Å²) in [5.41, 5.74) is 9.86. The van der Waals surface area contributed by atoms with Crippen LogP contribution in [0.3, 0.4) is 0 Å². The Morgan fingerprint density at radius 1 is 1.15 bits per heavy atom. The zero-order valence-corrected chi connectivity index (χ0v) is 14.3. The number of hydrogen-bond acceptors (Lipinski definition) is 7. The van der Waals surface area contributed by atoms with E-state index in [0.29, 0.717) is 35.2 Å². The first-order chi connectivity index (χ1) is 12.7. The van der Waals surface area contributed by atoms with Crippen LogP contribution in [0.5, 0.6) is 5.75 Å². The quantitative estimate of drug-likeness (QED) is 0.603. The number of hydrogen-bond donors (Lipinski definition) is 1. The van der Waals surface area contributed by atoms with Crippen molar-refractivity contribution in [2.75, 3.05) is 12.8 Å². The summed E-state index contributed by atoms with van der Waals surface area (Å²) in [4.78, 5) is 15.9. The van der Waals surface area contributed by atoms with E-state index in [1.807, 2.05) is 30.5 Å². The van der Waals surface area contributed by atoms with Crippen molar-refractivity contribution in [3.8, 4) is 5.75 Å². The number of anilines is 1. The first-order valence-corrected chi connectivity index (χ1v) is 8.36. The third-order valence-corrected chi connectivity index (χ3v) is 4.67. The van der Waals surface area contributed by atoms with Gasteiger partial charge in [-0.1, -0.05) is 12.1 Å². The van der Waals surface area contributed by atoms with Gasteiger partial charge in [0.25, 0.3) is 0 Å². The second-order valence-corrected chi connectivity index (χ2v) is 6.34. The normalized spacial score (nSPS) is 14.2. The molecule has 1 aliphatic rings. The largest absolute Gasteiger partial charge is 0.494 e. The molecular weight excluding hydrogens is 330 g/mol. The number of nitrogen functional groups attached to an aromatic ring is 1. The number of fused-ring (bicyclic) bond motifs is 4. The van der Waals surface area contributed by atoms with Crippen molar-refractivity contribution in [1.82, 2.24) is 29.5 Å². The van der Waals surface area contributed by atoms with Gasteiger partial charge in [-0.3, -0.25) is 9.88 Å². The molecule has 0 radical (unpaired) electrons. The number of pyridine rings is 1. The molecule has 4 heterocycles. The van der Waals surface area contributed by atoms with E-state index in [0.717, 1.165) is 24.2 Å². The molecule has 0 saturated carbocycles. The van der Waals surface area contributed by atoms with Gasteiger partial charge in [-0.05, 0) is 23.8 Å². The third kappa shape index (κ3) is 2.26. The number of benzene rings is 1. The van der Waals surface area contributed by atoms with Crippen LogP contribution in [0, 0.1) is 0 Å². The van der Waals surface area contributed by atoms with Crippen LogP contribution >= 0.6 is 0 Å². The lowest BCUT2D eigenvalue weighted by atomic mass is 10.2. The van der Waals surface area contributed by atoms with Gasteiger partial charge in [-0.25, -0.2) is 9.97 Å². The Labute approximate surface area is 149 Å². The lowest BCUT2D eigenvalue weighted by Crippen LogP contribution is -2.16. The van der Waals surface area contributed by atoms with E-state index in [9.17, 15) is 0 Å². The maximum atomic E-state index is 6.11. The van der Waals surface area contributed by atoms with Crippen LogP contribution < -0.4 is 10.5 Å². The van der Waals surface area contributed by atoms with Crippen LogP contribution in [0.15, 0.2) is 36.5 Å². The summed E-state index contributed by atoms with van der Waals surface area (Å²) in [5, 5.41) is 5.42. The fourth-order valence-corrected chi connectivity index (χ4v) is 3.48. The highest BCUT2D eigenvalue weighted by molar-refractivity contribution is 5.95. The number of ether oxygens (including phenoxy) is 1. The summed E-state index contributed by atoms with van der Waals surface area (Å²) >= 11 is 0. The number of para-hydroxylation sites is 1. The fourth-order valence-electron chi connectivity index (χ4n) is 3.48. The molecule has 3 aromatic heterocycles. The summed E-state index contributed by atoms with van der Waals surface area (Å²) < 4.78 is 6.99. The minimum Gasteiger partial charge on any atom is -0.494 e. The molecule has 0 spiro atoms. The second kappa shape index (κ2) is 5.63. The van der Waals surface area contributed by atoms with Crippen molar-refractivity contribution >= 4 is 22.5 Å². The molecule has 0 atom stereocenters. The maximum absolute atomic E-state index is 6.11. The lowest BCUT2D eigenvalue weighted by Gasteiger charge is -2.10. The smallest absolute Gasteiger partial charge is 0.223 e. The molecule has 0 saturated heterocycles. The van der Waals surface area contributed by atoms with Gasteiger partial charge >= 0.3 is 0 Å². The van der Waals surface area contributed by atoms with E-state index < -0.39 is 0 Å². The van der Waals surface area contributed by atoms with E-state index in [4.69, 9.17) is 15.5 Å². The van der Waals surface area contributed by atoms with Gasteiger partial charge in [0.15, 0.2) is 11.5 Å². The van der Waals surface area contributed by atoms with Gasteiger partial charge in [-0.15, -0.1) is 5.10 Å². The summed E-state index contributed by atoms with van der Waals surface area (Å²) in [7, 11) is 1.62. The summed E-state index contributed by atoms with van der Waals surface area (Å²) in [6.45, 7) is 2.28. The van der Waals surface area contributed by atoms with Crippen LogP contribution in [0.25, 0.3) is 16.6 Å². The molecule has 0 fully saturated rings. The predicted octanol–water partition coefficient (Wildman–Crippen LogP) is 1.78. The Hall–Kier alpha value is -3.26. The highest BCUT2D eigenvalue weighted by Crippen LogP contribution is 2.28. The average Bonchev–Trinajstić information content (AvgIpc) is 3.25. The van der Waals surface area contributed by atoms with Crippen molar-refractivity contribution < 1.29 is 4.74 Å². The Morgan fingerprint density at radius 3 is 2.92 bits per heavy atom. The van der Waals surface area contributed by atoms with Gasteiger partial charge < -0.3 is 10.5 Å². The van der Waals surface area contributed by atoms with E-state index in [-0.39, 0.29) is 0 Å². The summed E-state index contributed by atoms with van der Waals surface area (Å²) in [6.07, 6.45) is 1.83. The number of nitrogens with two attached hydrogens (primary N) is 1. The second-order valence-electron chi connectivity index (χ2n) is 6.34. The monoisotopic (exact) mass is 347 g/mol. The van der Waals surface area contributed by atoms with E-state index in [2.05, 4.69) is 26.0 Å². The molecule has 26 heavy (non-hydrogen) atoms. The standard InChI is InChI=1S/C18H17N7O/c1-26-14-6-2-5-12-16(14)22-18(19)25-17(12)21-15(23-25)10-24-8-11-4-3-7-20-13(11)9-24/h2-7H,8-10H2,1H3,(H2,19,22). The predicted molar refractivity (Wildman–Crippen MR) is 96.4 cm³/mol. The zero-order chi connectivity index (χ0) is 17.7. The zero-order valence-electron chi connectivity index (χ0n) is 14.3. The SMILES string of the molecule is COc1cccc2c1nc(N)n1nc(CN3Cc4cccnc4C3)nc21.